The summed E-state index contributed by atoms with van der Waals surface area (Å²) in [4.78, 5) is 26.3. The molecular formula is C18H21NO3. The van der Waals surface area contributed by atoms with Gasteiger partial charge < -0.3 is 4.74 Å². The van der Waals surface area contributed by atoms with Crippen molar-refractivity contribution >= 4 is 12.0 Å². The van der Waals surface area contributed by atoms with Crippen molar-refractivity contribution in [3.8, 4) is 0 Å². The van der Waals surface area contributed by atoms with Crippen LogP contribution in [0.4, 0.5) is 4.79 Å². The van der Waals surface area contributed by atoms with E-state index < -0.39 is 6.09 Å². The lowest BCUT2D eigenvalue weighted by molar-refractivity contribution is -0.133. The minimum atomic E-state index is -0.529. The molecule has 1 aliphatic heterocycles. The molecule has 3 atom stereocenters. The molecule has 0 unspecified atom stereocenters. The molecule has 3 rings (SSSR count). The number of allylic oxidation sites excluding steroid dienone is 1. The first-order valence-electron chi connectivity index (χ1n) is 7.63. The van der Waals surface area contributed by atoms with Gasteiger partial charge in [-0.1, -0.05) is 51.1 Å². The van der Waals surface area contributed by atoms with E-state index in [0.29, 0.717) is 6.42 Å². The first-order valence-corrected chi connectivity index (χ1v) is 7.63. The Morgan fingerprint density at radius 1 is 1.45 bits per heavy atom. The predicted molar refractivity (Wildman–Crippen MR) is 83.3 cm³/mol. The van der Waals surface area contributed by atoms with Crippen molar-refractivity contribution < 1.29 is 14.3 Å². The number of hydrogen-bond acceptors (Lipinski definition) is 3. The quantitative estimate of drug-likeness (QED) is 0.801. The van der Waals surface area contributed by atoms with Crippen LogP contribution in [0.25, 0.3) is 0 Å². The van der Waals surface area contributed by atoms with E-state index in [2.05, 4.69) is 26.5 Å². The van der Waals surface area contributed by atoms with Crippen molar-refractivity contribution in [2.75, 3.05) is 0 Å². The lowest BCUT2D eigenvalue weighted by atomic mass is 9.82. The van der Waals surface area contributed by atoms with Crippen molar-refractivity contribution in [3.05, 3.63) is 48.0 Å². The van der Waals surface area contributed by atoms with Gasteiger partial charge in [0.25, 0.3) is 0 Å². The minimum absolute atomic E-state index is 0.182. The molecule has 4 heteroatoms. The van der Waals surface area contributed by atoms with Gasteiger partial charge in [-0.05, 0) is 17.5 Å². The lowest BCUT2D eigenvalue weighted by Crippen LogP contribution is -2.48. The number of imide groups is 1. The Kier molecular flexibility index (Phi) is 3.35. The van der Waals surface area contributed by atoms with Crippen LogP contribution in [0.2, 0.25) is 0 Å². The second kappa shape index (κ2) is 4.97. The van der Waals surface area contributed by atoms with Crippen LogP contribution < -0.4 is 0 Å². The third-order valence-corrected chi connectivity index (χ3v) is 4.87. The zero-order valence-electron chi connectivity index (χ0n) is 13.2. The fraction of sp³-hybridized carbons (Fsp3) is 0.444. The van der Waals surface area contributed by atoms with Crippen LogP contribution in [-0.2, 0) is 14.9 Å². The van der Waals surface area contributed by atoms with Crippen LogP contribution in [0.3, 0.4) is 0 Å². The van der Waals surface area contributed by atoms with E-state index in [-0.39, 0.29) is 29.4 Å². The highest BCUT2D eigenvalue weighted by atomic mass is 16.6. The van der Waals surface area contributed by atoms with Crippen molar-refractivity contribution in [1.82, 2.24) is 4.90 Å². The highest BCUT2D eigenvalue weighted by Gasteiger charge is 2.59. The molecule has 1 aliphatic carbocycles. The van der Waals surface area contributed by atoms with Gasteiger partial charge >= 0.3 is 6.09 Å². The molecule has 2 aliphatic rings. The van der Waals surface area contributed by atoms with Gasteiger partial charge in [-0.3, -0.25) is 4.79 Å². The molecule has 0 spiro atoms. The fourth-order valence-electron chi connectivity index (χ4n) is 3.72. The first kappa shape index (κ1) is 14.8. The number of rotatable bonds is 3. The zero-order valence-corrected chi connectivity index (χ0v) is 13.2. The van der Waals surface area contributed by atoms with E-state index in [0.717, 1.165) is 11.1 Å². The largest absolute Gasteiger partial charge is 0.439 e. The summed E-state index contributed by atoms with van der Waals surface area (Å²) in [6.45, 7) is 9.62. The maximum absolute atomic E-state index is 12.7. The molecule has 1 saturated heterocycles. The third-order valence-electron chi connectivity index (χ3n) is 4.87. The summed E-state index contributed by atoms with van der Waals surface area (Å²) in [5.74, 6) is -0.457. The molecule has 1 heterocycles. The van der Waals surface area contributed by atoms with Crippen LogP contribution in [0, 0.1) is 5.92 Å². The molecule has 116 valence electrons. The summed E-state index contributed by atoms with van der Waals surface area (Å²) in [6.07, 6.45) is 1.36. The summed E-state index contributed by atoms with van der Waals surface area (Å²) in [5.41, 5.74) is 1.83. The van der Waals surface area contributed by atoms with Crippen LogP contribution in [0.15, 0.2) is 36.9 Å². The van der Waals surface area contributed by atoms with Crippen molar-refractivity contribution in [2.24, 2.45) is 5.92 Å². The topological polar surface area (TPSA) is 46.6 Å². The molecule has 1 aromatic rings. The molecule has 1 fully saturated rings. The number of nitrogens with zero attached hydrogens (tertiary/aromatic N) is 1. The number of hydrogen-bond donors (Lipinski definition) is 0. The Hall–Kier alpha value is -2.10. The summed E-state index contributed by atoms with van der Waals surface area (Å²) in [7, 11) is 0. The number of ether oxygens (including phenoxy) is 1. The van der Waals surface area contributed by atoms with Crippen molar-refractivity contribution in [1.29, 1.82) is 0 Å². The number of fused-ring (bicyclic) bond motifs is 3. The summed E-state index contributed by atoms with van der Waals surface area (Å²) in [6, 6.07) is 7.68. The smallest absolute Gasteiger partial charge is 0.417 e. The van der Waals surface area contributed by atoms with Gasteiger partial charge in [0.1, 0.15) is 0 Å². The van der Waals surface area contributed by atoms with Crippen LogP contribution in [0.1, 0.15) is 44.4 Å². The molecule has 0 aromatic heterocycles. The number of carbonyl (C=O) groups excluding carboxylic acids is 2. The van der Waals surface area contributed by atoms with E-state index in [1.54, 1.807) is 6.08 Å². The molecular weight excluding hydrogens is 278 g/mol. The fourth-order valence-corrected chi connectivity index (χ4v) is 3.72. The summed E-state index contributed by atoms with van der Waals surface area (Å²) in [5, 5.41) is 0. The molecule has 4 nitrogen and oxygen atoms in total. The normalized spacial score (nSPS) is 26.1. The van der Waals surface area contributed by atoms with Gasteiger partial charge in [-0.15, -0.1) is 6.58 Å². The molecule has 1 aromatic carbocycles. The SMILES string of the molecule is C=CC[C@H](C)C(=O)N1C(=O)O[C@H]2c3ccccc3C(C)(C)[C@H]21. The standard InChI is InChI=1S/C18H21NO3/c1-5-8-11(2)16(20)19-15-14(22-17(19)21)12-9-6-7-10-13(12)18(15,3)4/h5-7,9-11,14-15H,1,8H2,2-4H3/t11-,14-,15-/m0/s1. The monoisotopic (exact) mass is 299 g/mol. The number of carbonyl (C=O) groups is 2. The Morgan fingerprint density at radius 2 is 2.14 bits per heavy atom. The van der Waals surface area contributed by atoms with E-state index in [1.165, 1.54) is 4.90 Å². The summed E-state index contributed by atoms with van der Waals surface area (Å²) < 4.78 is 5.55. The maximum Gasteiger partial charge on any atom is 0.417 e. The lowest BCUT2D eigenvalue weighted by Gasteiger charge is -2.32. The van der Waals surface area contributed by atoms with Crippen LogP contribution in [0.5, 0.6) is 0 Å². The molecule has 0 saturated carbocycles. The molecule has 2 amide bonds. The van der Waals surface area contributed by atoms with E-state index in [1.807, 2.05) is 25.1 Å². The molecule has 22 heavy (non-hydrogen) atoms. The van der Waals surface area contributed by atoms with E-state index in [9.17, 15) is 9.59 Å². The van der Waals surface area contributed by atoms with Crippen LogP contribution in [-0.4, -0.2) is 22.9 Å². The van der Waals surface area contributed by atoms with Crippen LogP contribution >= 0.6 is 0 Å². The predicted octanol–water partition coefficient (Wildman–Crippen LogP) is 3.58. The van der Waals surface area contributed by atoms with E-state index >= 15 is 0 Å². The average Bonchev–Trinajstić information content (AvgIpc) is 2.93. The zero-order chi connectivity index (χ0) is 16.1. The Balaban J connectivity index is 2.01. The van der Waals surface area contributed by atoms with Gasteiger partial charge in [-0.2, -0.15) is 0 Å². The molecule has 0 bridgehead atoms. The average molecular weight is 299 g/mol. The highest BCUT2D eigenvalue weighted by Crippen LogP contribution is 2.52. The van der Waals surface area contributed by atoms with Gasteiger partial charge in [-0.25, -0.2) is 9.69 Å². The Morgan fingerprint density at radius 3 is 2.82 bits per heavy atom. The third kappa shape index (κ3) is 1.90. The van der Waals surface area contributed by atoms with Gasteiger partial charge in [0.15, 0.2) is 6.10 Å². The Labute approximate surface area is 130 Å². The maximum atomic E-state index is 12.7. The van der Waals surface area contributed by atoms with Crippen molar-refractivity contribution in [3.63, 3.8) is 0 Å². The Bertz CT molecular complexity index is 649. The van der Waals surface area contributed by atoms with E-state index in [4.69, 9.17) is 4.74 Å². The second-order valence-corrected chi connectivity index (χ2v) is 6.69. The number of benzene rings is 1. The molecule has 0 radical (unpaired) electrons. The van der Waals surface area contributed by atoms with Gasteiger partial charge in [0, 0.05) is 11.3 Å². The van der Waals surface area contributed by atoms with Gasteiger partial charge in [0.2, 0.25) is 5.91 Å². The summed E-state index contributed by atoms with van der Waals surface area (Å²) >= 11 is 0. The second-order valence-electron chi connectivity index (χ2n) is 6.69. The number of amides is 2. The van der Waals surface area contributed by atoms with Gasteiger partial charge in [0.05, 0.1) is 6.04 Å². The minimum Gasteiger partial charge on any atom is -0.439 e. The molecule has 0 N–H and O–H groups in total. The highest BCUT2D eigenvalue weighted by molar-refractivity contribution is 5.95. The first-order chi connectivity index (χ1) is 10.4. The van der Waals surface area contributed by atoms with Crippen molar-refractivity contribution in [2.45, 2.75) is 44.8 Å².